The van der Waals surface area contributed by atoms with Gasteiger partial charge in [-0.3, -0.25) is 0 Å². The first-order valence-corrected chi connectivity index (χ1v) is 7.12. The van der Waals surface area contributed by atoms with Gasteiger partial charge in [0.05, 0.1) is 5.69 Å². The van der Waals surface area contributed by atoms with E-state index in [9.17, 15) is 4.39 Å². The van der Waals surface area contributed by atoms with E-state index in [4.69, 9.17) is 0 Å². The Morgan fingerprint density at radius 2 is 2.11 bits per heavy atom. The average Bonchev–Trinajstić information content (AvgIpc) is 2.74. The van der Waals surface area contributed by atoms with E-state index in [0.29, 0.717) is 5.92 Å². The van der Waals surface area contributed by atoms with Gasteiger partial charge in [-0.05, 0) is 51.7 Å². The van der Waals surface area contributed by atoms with Crippen LogP contribution in [0, 0.1) is 18.7 Å². The van der Waals surface area contributed by atoms with Gasteiger partial charge in [-0.25, -0.2) is 4.39 Å². The lowest BCUT2D eigenvalue weighted by Gasteiger charge is -2.24. The number of halogens is 1. The summed E-state index contributed by atoms with van der Waals surface area (Å²) in [5, 5.41) is 3.54. The van der Waals surface area contributed by atoms with Crippen LogP contribution < -0.4 is 10.2 Å². The molecule has 0 saturated carbocycles. The first-order chi connectivity index (χ1) is 8.87. The molecule has 0 aromatic heterocycles. The average molecular weight is 264 g/mol. The fourth-order valence-corrected chi connectivity index (χ4v) is 2.68. The van der Waals surface area contributed by atoms with Gasteiger partial charge < -0.3 is 10.2 Å². The van der Waals surface area contributed by atoms with Crippen LogP contribution >= 0.6 is 0 Å². The molecule has 2 nitrogen and oxygen atoms in total. The van der Waals surface area contributed by atoms with E-state index in [0.717, 1.165) is 37.3 Å². The minimum Gasteiger partial charge on any atom is -0.369 e. The lowest BCUT2D eigenvalue weighted by Crippen LogP contribution is -2.39. The van der Waals surface area contributed by atoms with Crippen molar-refractivity contribution >= 4 is 5.69 Å². The molecule has 1 aromatic rings. The van der Waals surface area contributed by atoms with Crippen molar-refractivity contribution in [3.05, 3.63) is 29.6 Å². The summed E-state index contributed by atoms with van der Waals surface area (Å²) >= 11 is 0. The van der Waals surface area contributed by atoms with Gasteiger partial charge in [-0.2, -0.15) is 0 Å². The highest BCUT2D eigenvalue weighted by atomic mass is 19.1. The predicted octanol–water partition coefficient (Wildman–Crippen LogP) is 3.35. The molecule has 1 aromatic carbocycles. The summed E-state index contributed by atoms with van der Waals surface area (Å²) in [6.07, 6.45) is 1.14. The zero-order valence-electron chi connectivity index (χ0n) is 12.5. The number of hydrogen-bond donors (Lipinski definition) is 1. The monoisotopic (exact) mass is 264 g/mol. The number of aryl methyl sites for hydroxylation is 1. The summed E-state index contributed by atoms with van der Waals surface area (Å²) in [6, 6.07) is 5.32. The maximum absolute atomic E-state index is 13.9. The molecule has 1 unspecified atom stereocenters. The first-order valence-electron chi connectivity index (χ1n) is 7.12. The van der Waals surface area contributed by atoms with Crippen molar-refractivity contribution in [3.8, 4) is 0 Å². The third-order valence-electron chi connectivity index (χ3n) is 3.71. The van der Waals surface area contributed by atoms with E-state index in [1.54, 1.807) is 12.1 Å². The summed E-state index contributed by atoms with van der Waals surface area (Å²) in [4.78, 5) is 2.19. The van der Waals surface area contributed by atoms with Crippen LogP contribution in [0.25, 0.3) is 0 Å². The van der Waals surface area contributed by atoms with Gasteiger partial charge >= 0.3 is 0 Å². The summed E-state index contributed by atoms with van der Waals surface area (Å²) in [5.74, 6) is 0.516. The van der Waals surface area contributed by atoms with E-state index < -0.39 is 0 Å². The smallest absolute Gasteiger partial charge is 0.146 e. The molecular weight excluding hydrogens is 239 g/mol. The number of hydrogen-bond acceptors (Lipinski definition) is 2. The minimum absolute atomic E-state index is 0.0931. The van der Waals surface area contributed by atoms with Crippen LogP contribution in [0.2, 0.25) is 0 Å². The molecule has 1 fully saturated rings. The standard InChI is InChI=1S/C16H25FN2/c1-12-6-5-7-14(17)15(12)19-9-8-13(11-19)10-18-16(2,3)4/h5-7,13,18H,8-11H2,1-4H3. The number of nitrogens with one attached hydrogen (secondary N) is 1. The molecule has 0 bridgehead atoms. The van der Waals surface area contributed by atoms with Crippen molar-refractivity contribution < 1.29 is 4.39 Å². The van der Waals surface area contributed by atoms with Crippen LogP contribution in [0.1, 0.15) is 32.8 Å². The zero-order chi connectivity index (χ0) is 14.0. The molecule has 106 valence electrons. The summed E-state index contributed by atoms with van der Waals surface area (Å²) in [6.45, 7) is 11.4. The van der Waals surface area contributed by atoms with Gasteiger partial charge in [-0.1, -0.05) is 12.1 Å². The van der Waals surface area contributed by atoms with Gasteiger partial charge in [0, 0.05) is 25.2 Å². The largest absolute Gasteiger partial charge is 0.369 e. The number of para-hydroxylation sites is 1. The highest BCUT2D eigenvalue weighted by Gasteiger charge is 2.26. The third-order valence-corrected chi connectivity index (χ3v) is 3.71. The van der Waals surface area contributed by atoms with Gasteiger partial charge in [0.15, 0.2) is 0 Å². The van der Waals surface area contributed by atoms with E-state index in [-0.39, 0.29) is 11.4 Å². The van der Waals surface area contributed by atoms with Crippen molar-refractivity contribution in [2.45, 2.75) is 39.7 Å². The Kier molecular flexibility index (Phi) is 4.14. The molecule has 1 heterocycles. The van der Waals surface area contributed by atoms with Gasteiger partial charge in [0.1, 0.15) is 5.82 Å². The molecule has 1 aliphatic rings. The van der Waals surface area contributed by atoms with Crippen LogP contribution in [-0.4, -0.2) is 25.2 Å². The molecule has 19 heavy (non-hydrogen) atoms. The Hall–Kier alpha value is -1.09. The zero-order valence-corrected chi connectivity index (χ0v) is 12.5. The Morgan fingerprint density at radius 1 is 1.37 bits per heavy atom. The van der Waals surface area contributed by atoms with Crippen LogP contribution in [0.5, 0.6) is 0 Å². The van der Waals surface area contributed by atoms with Gasteiger partial charge in [-0.15, -0.1) is 0 Å². The summed E-state index contributed by atoms with van der Waals surface area (Å²) in [7, 11) is 0. The van der Waals surface area contributed by atoms with E-state index >= 15 is 0 Å². The SMILES string of the molecule is Cc1cccc(F)c1N1CCC(CNC(C)(C)C)C1. The topological polar surface area (TPSA) is 15.3 Å². The highest BCUT2D eigenvalue weighted by Crippen LogP contribution is 2.29. The molecule has 2 rings (SSSR count). The van der Waals surface area contributed by atoms with Crippen LogP contribution in [0.3, 0.4) is 0 Å². The van der Waals surface area contributed by atoms with Gasteiger partial charge in [0.2, 0.25) is 0 Å². The molecule has 0 aliphatic carbocycles. The lowest BCUT2D eigenvalue weighted by atomic mass is 10.1. The molecule has 1 N–H and O–H groups in total. The molecule has 0 amide bonds. The second-order valence-electron chi connectivity index (χ2n) is 6.64. The second-order valence-corrected chi connectivity index (χ2v) is 6.64. The second kappa shape index (κ2) is 5.49. The quantitative estimate of drug-likeness (QED) is 0.900. The van der Waals surface area contributed by atoms with E-state index in [1.807, 2.05) is 13.0 Å². The predicted molar refractivity (Wildman–Crippen MR) is 79.2 cm³/mol. The molecule has 0 radical (unpaired) electrons. The third kappa shape index (κ3) is 3.69. The fourth-order valence-electron chi connectivity index (χ4n) is 2.68. The Bertz CT molecular complexity index is 417. The summed E-state index contributed by atoms with van der Waals surface area (Å²) in [5.41, 5.74) is 1.98. The molecule has 1 saturated heterocycles. The maximum Gasteiger partial charge on any atom is 0.146 e. The molecule has 0 spiro atoms. The van der Waals surface area contributed by atoms with Crippen LogP contribution in [0.4, 0.5) is 10.1 Å². The van der Waals surface area contributed by atoms with Crippen molar-refractivity contribution in [2.24, 2.45) is 5.92 Å². The molecule has 1 aliphatic heterocycles. The number of rotatable bonds is 3. The fraction of sp³-hybridized carbons (Fsp3) is 0.625. The van der Waals surface area contributed by atoms with Crippen molar-refractivity contribution in [1.29, 1.82) is 0 Å². The lowest BCUT2D eigenvalue weighted by molar-refractivity contribution is 0.383. The van der Waals surface area contributed by atoms with Crippen molar-refractivity contribution in [1.82, 2.24) is 5.32 Å². The van der Waals surface area contributed by atoms with Crippen molar-refractivity contribution in [2.75, 3.05) is 24.5 Å². The normalized spacial score (nSPS) is 20.1. The molecule has 1 atom stereocenters. The Labute approximate surface area is 116 Å². The minimum atomic E-state index is -0.0931. The molecule has 3 heteroatoms. The first kappa shape index (κ1) is 14.3. The Balaban J connectivity index is 1.99. The maximum atomic E-state index is 13.9. The van der Waals surface area contributed by atoms with Gasteiger partial charge in [0.25, 0.3) is 0 Å². The van der Waals surface area contributed by atoms with Crippen molar-refractivity contribution in [3.63, 3.8) is 0 Å². The number of anilines is 1. The highest BCUT2D eigenvalue weighted by molar-refractivity contribution is 5.55. The number of benzene rings is 1. The van der Waals surface area contributed by atoms with E-state index in [1.165, 1.54) is 0 Å². The number of nitrogens with zero attached hydrogens (tertiary/aromatic N) is 1. The van der Waals surface area contributed by atoms with Crippen LogP contribution in [0.15, 0.2) is 18.2 Å². The Morgan fingerprint density at radius 3 is 2.74 bits per heavy atom. The summed E-state index contributed by atoms with van der Waals surface area (Å²) < 4.78 is 13.9. The van der Waals surface area contributed by atoms with E-state index in [2.05, 4.69) is 31.0 Å². The van der Waals surface area contributed by atoms with Crippen LogP contribution in [-0.2, 0) is 0 Å². The molecular formula is C16H25FN2.